The molecule has 1 heterocycles. The van der Waals surface area contributed by atoms with E-state index in [9.17, 15) is 10.2 Å². The summed E-state index contributed by atoms with van der Waals surface area (Å²) in [5, 5.41) is 21.0. The Morgan fingerprint density at radius 3 is 2.63 bits per heavy atom. The Balaban J connectivity index is 2.24. The number of aromatic hydroxyl groups is 2. The molecule has 0 fully saturated rings. The van der Waals surface area contributed by atoms with Gasteiger partial charge in [-0.3, -0.25) is 0 Å². The lowest BCUT2D eigenvalue weighted by atomic mass is 10.1. The van der Waals surface area contributed by atoms with Gasteiger partial charge in [0.2, 0.25) is 0 Å². The molecule has 0 saturated heterocycles. The van der Waals surface area contributed by atoms with Crippen LogP contribution in [-0.4, -0.2) is 17.3 Å². The second-order valence-corrected chi connectivity index (χ2v) is 4.22. The van der Waals surface area contributed by atoms with Crippen molar-refractivity contribution in [3.63, 3.8) is 0 Å². The van der Waals surface area contributed by atoms with Gasteiger partial charge in [-0.25, -0.2) is 0 Å². The van der Waals surface area contributed by atoms with Gasteiger partial charge in [0.15, 0.2) is 0 Å². The van der Waals surface area contributed by atoms with Crippen molar-refractivity contribution >= 4 is 10.8 Å². The van der Waals surface area contributed by atoms with Gasteiger partial charge in [0.1, 0.15) is 23.0 Å². The van der Waals surface area contributed by atoms with Crippen molar-refractivity contribution in [3.8, 4) is 28.6 Å². The van der Waals surface area contributed by atoms with Gasteiger partial charge in [-0.15, -0.1) is 0 Å². The van der Waals surface area contributed by atoms with E-state index in [-0.39, 0.29) is 11.5 Å². The number of benzene rings is 2. The Labute approximate surface area is 109 Å². The Morgan fingerprint density at radius 2 is 1.89 bits per heavy atom. The lowest BCUT2D eigenvalue weighted by Gasteiger charge is -2.04. The quantitative estimate of drug-likeness (QED) is 0.736. The van der Waals surface area contributed by atoms with Crippen molar-refractivity contribution in [3.05, 3.63) is 42.7 Å². The average Bonchev–Trinajstić information content (AvgIpc) is 2.81. The molecule has 0 aliphatic carbocycles. The smallest absolute Gasteiger partial charge is 0.145 e. The summed E-state index contributed by atoms with van der Waals surface area (Å²) in [6.45, 7) is 0. The van der Waals surface area contributed by atoms with Crippen LogP contribution >= 0.6 is 0 Å². The van der Waals surface area contributed by atoms with Gasteiger partial charge >= 0.3 is 0 Å². The molecule has 1 aromatic heterocycles. The third-order valence-electron chi connectivity index (χ3n) is 3.03. The van der Waals surface area contributed by atoms with Crippen LogP contribution < -0.4 is 4.74 Å². The summed E-state index contributed by atoms with van der Waals surface area (Å²) in [4.78, 5) is 0. The second kappa shape index (κ2) is 4.24. The van der Waals surface area contributed by atoms with E-state index in [2.05, 4.69) is 0 Å². The molecule has 4 heteroatoms. The first kappa shape index (κ1) is 11.5. The first-order valence-corrected chi connectivity index (χ1v) is 5.76. The van der Waals surface area contributed by atoms with Gasteiger partial charge in [-0.05, 0) is 30.3 Å². The summed E-state index contributed by atoms with van der Waals surface area (Å²) < 4.78 is 10.7. The molecule has 0 bridgehead atoms. The van der Waals surface area contributed by atoms with E-state index in [4.69, 9.17) is 9.15 Å². The Kier molecular flexibility index (Phi) is 2.56. The van der Waals surface area contributed by atoms with Gasteiger partial charge < -0.3 is 19.4 Å². The van der Waals surface area contributed by atoms with Crippen molar-refractivity contribution in [2.24, 2.45) is 0 Å². The fourth-order valence-corrected chi connectivity index (χ4v) is 2.07. The minimum atomic E-state index is -0.0286. The molecule has 2 aromatic carbocycles. The zero-order chi connectivity index (χ0) is 13.4. The molecule has 3 rings (SSSR count). The van der Waals surface area contributed by atoms with Crippen LogP contribution in [0.15, 0.2) is 47.1 Å². The Bertz CT molecular complexity index is 743. The average molecular weight is 256 g/mol. The van der Waals surface area contributed by atoms with Crippen molar-refractivity contribution in [2.75, 3.05) is 7.11 Å². The van der Waals surface area contributed by atoms with Crippen LogP contribution in [0.5, 0.6) is 17.2 Å². The largest absolute Gasteiger partial charge is 0.508 e. The van der Waals surface area contributed by atoms with Crippen LogP contribution in [0.1, 0.15) is 0 Å². The third-order valence-corrected chi connectivity index (χ3v) is 3.03. The summed E-state index contributed by atoms with van der Waals surface area (Å²) in [6.07, 6.45) is 1.62. The number of furan rings is 1. The third kappa shape index (κ3) is 1.87. The molecule has 4 nitrogen and oxygen atoms in total. The highest BCUT2D eigenvalue weighted by Gasteiger charge is 2.13. The highest BCUT2D eigenvalue weighted by molar-refractivity contribution is 5.96. The minimum Gasteiger partial charge on any atom is -0.508 e. The Morgan fingerprint density at radius 1 is 1.05 bits per heavy atom. The number of fused-ring (bicyclic) bond motifs is 1. The maximum absolute atomic E-state index is 9.90. The molecular weight excluding hydrogens is 244 g/mol. The topological polar surface area (TPSA) is 62.8 Å². The number of methoxy groups -OCH3 is 1. The van der Waals surface area contributed by atoms with E-state index in [1.54, 1.807) is 19.4 Å². The summed E-state index contributed by atoms with van der Waals surface area (Å²) >= 11 is 0. The SMILES string of the molecule is COc1ccc2coc(-c3ccc(O)cc3O)c2c1. The number of hydrogen-bond acceptors (Lipinski definition) is 4. The lowest BCUT2D eigenvalue weighted by Crippen LogP contribution is -1.82. The van der Waals surface area contributed by atoms with Gasteiger partial charge in [0.05, 0.1) is 18.9 Å². The lowest BCUT2D eigenvalue weighted by molar-refractivity contribution is 0.415. The molecule has 2 N–H and O–H groups in total. The highest BCUT2D eigenvalue weighted by Crippen LogP contribution is 2.38. The van der Waals surface area contributed by atoms with Crippen molar-refractivity contribution in [1.29, 1.82) is 0 Å². The zero-order valence-electron chi connectivity index (χ0n) is 10.3. The van der Waals surface area contributed by atoms with Gasteiger partial charge in [0, 0.05) is 16.8 Å². The summed E-state index contributed by atoms with van der Waals surface area (Å²) in [5.41, 5.74) is 0.529. The number of phenols is 2. The summed E-state index contributed by atoms with van der Waals surface area (Å²) in [7, 11) is 1.60. The van der Waals surface area contributed by atoms with E-state index in [0.717, 1.165) is 10.8 Å². The number of ether oxygens (including phenoxy) is 1. The molecule has 0 saturated carbocycles. The predicted molar refractivity (Wildman–Crippen MR) is 71.5 cm³/mol. The fraction of sp³-hybridized carbons (Fsp3) is 0.0667. The highest BCUT2D eigenvalue weighted by atomic mass is 16.5. The fourth-order valence-electron chi connectivity index (χ4n) is 2.07. The molecule has 0 atom stereocenters. The Hall–Kier alpha value is -2.62. The maximum atomic E-state index is 9.90. The minimum absolute atomic E-state index is 0.00897. The standard InChI is InChI=1S/C15H12O4/c1-18-11-4-2-9-8-19-15(13(9)7-11)12-5-3-10(16)6-14(12)17/h2-8,16-17H,1H3. The number of phenolic OH excluding ortho intramolecular Hbond substituents is 2. The van der Waals surface area contributed by atoms with Gasteiger partial charge in [0.25, 0.3) is 0 Å². The van der Waals surface area contributed by atoms with Crippen LogP contribution in [0, 0.1) is 0 Å². The van der Waals surface area contributed by atoms with Crippen LogP contribution in [0.25, 0.3) is 22.1 Å². The van der Waals surface area contributed by atoms with Gasteiger partial charge in [-0.2, -0.15) is 0 Å². The van der Waals surface area contributed by atoms with Crippen LogP contribution in [0.3, 0.4) is 0 Å². The summed E-state index contributed by atoms with van der Waals surface area (Å²) in [5.74, 6) is 1.24. The molecular formula is C15H12O4. The van der Waals surface area contributed by atoms with Crippen molar-refractivity contribution in [1.82, 2.24) is 0 Å². The maximum Gasteiger partial charge on any atom is 0.145 e. The first-order chi connectivity index (χ1) is 9.19. The van der Waals surface area contributed by atoms with Crippen molar-refractivity contribution < 1.29 is 19.4 Å². The van der Waals surface area contributed by atoms with E-state index < -0.39 is 0 Å². The molecule has 0 amide bonds. The van der Waals surface area contributed by atoms with Gasteiger partial charge in [-0.1, -0.05) is 0 Å². The monoisotopic (exact) mass is 256 g/mol. The summed E-state index contributed by atoms with van der Waals surface area (Å²) in [6, 6.07) is 9.98. The zero-order valence-corrected chi connectivity index (χ0v) is 10.3. The predicted octanol–water partition coefficient (Wildman–Crippen LogP) is 3.52. The second-order valence-electron chi connectivity index (χ2n) is 4.22. The molecule has 0 radical (unpaired) electrons. The molecule has 0 unspecified atom stereocenters. The van der Waals surface area contributed by atoms with Crippen molar-refractivity contribution in [2.45, 2.75) is 0 Å². The van der Waals surface area contributed by atoms with Crippen LogP contribution in [-0.2, 0) is 0 Å². The number of hydrogen-bond donors (Lipinski definition) is 2. The molecule has 0 spiro atoms. The number of rotatable bonds is 2. The molecule has 3 aromatic rings. The first-order valence-electron chi connectivity index (χ1n) is 5.76. The van der Waals surface area contributed by atoms with E-state index in [1.807, 2.05) is 18.2 Å². The molecule has 0 aliphatic rings. The van der Waals surface area contributed by atoms with Crippen LogP contribution in [0.2, 0.25) is 0 Å². The molecule has 0 aliphatic heterocycles. The molecule has 19 heavy (non-hydrogen) atoms. The molecule has 96 valence electrons. The van der Waals surface area contributed by atoms with E-state index >= 15 is 0 Å². The normalized spacial score (nSPS) is 10.8. The van der Waals surface area contributed by atoms with E-state index in [0.29, 0.717) is 17.1 Å². The van der Waals surface area contributed by atoms with E-state index in [1.165, 1.54) is 12.1 Å². The van der Waals surface area contributed by atoms with Crippen LogP contribution in [0.4, 0.5) is 0 Å².